The van der Waals surface area contributed by atoms with Gasteiger partial charge in [0.15, 0.2) is 0 Å². The molecule has 1 aliphatic heterocycles. The number of hydrogen-bond acceptors (Lipinski definition) is 2. The van der Waals surface area contributed by atoms with Gasteiger partial charge in [-0.25, -0.2) is 9.59 Å². The lowest BCUT2D eigenvalue weighted by Gasteiger charge is -2.33. The zero-order valence-corrected chi connectivity index (χ0v) is 14.6. The molecule has 2 aromatic carbocycles. The summed E-state index contributed by atoms with van der Waals surface area (Å²) in [6.45, 7) is 3.86. The van der Waals surface area contributed by atoms with E-state index in [1.165, 1.54) is 0 Å². The molecular formula is C19H22N4O2. The Kier molecular flexibility index (Phi) is 4.35. The van der Waals surface area contributed by atoms with Crippen LogP contribution in [0.4, 0.5) is 21.0 Å². The van der Waals surface area contributed by atoms with Crippen LogP contribution < -0.4 is 15.5 Å². The van der Waals surface area contributed by atoms with Gasteiger partial charge in [-0.05, 0) is 38.1 Å². The third-order valence-electron chi connectivity index (χ3n) is 4.62. The minimum absolute atomic E-state index is 0.152. The molecule has 2 aromatic rings. The third-order valence-corrected chi connectivity index (χ3v) is 4.62. The van der Waals surface area contributed by atoms with Gasteiger partial charge in [-0.3, -0.25) is 4.90 Å². The molecule has 1 aliphatic rings. The first-order valence-electron chi connectivity index (χ1n) is 8.16. The lowest BCUT2D eigenvalue weighted by molar-refractivity contribution is 0.180. The van der Waals surface area contributed by atoms with Gasteiger partial charge < -0.3 is 15.5 Å². The third kappa shape index (κ3) is 3.15. The van der Waals surface area contributed by atoms with Crippen LogP contribution in [-0.2, 0) is 0 Å². The molecule has 1 heterocycles. The zero-order valence-electron chi connectivity index (χ0n) is 14.6. The Hall–Kier alpha value is -3.02. The van der Waals surface area contributed by atoms with Crippen molar-refractivity contribution in [1.82, 2.24) is 10.2 Å². The minimum atomic E-state index is -0.568. The molecule has 25 heavy (non-hydrogen) atoms. The number of benzene rings is 2. The molecule has 2 N–H and O–H groups in total. The number of nitrogens with one attached hydrogen (secondary N) is 2. The van der Waals surface area contributed by atoms with E-state index in [-0.39, 0.29) is 12.1 Å². The van der Waals surface area contributed by atoms with Gasteiger partial charge in [0.1, 0.15) is 6.17 Å². The molecule has 0 aliphatic carbocycles. The van der Waals surface area contributed by atoms with Crippen LogP contribution >= 0.6 is 0 Å². The van der Waals surface area contributed by atoms with E-state index in [1.807, 2.05) is 74.5 Å². The highest BCUT2D eigenvalue weighted by molar-refractivity contribution is 5.98. The van der Waals surface area contributed by atoms with E-state index in [1.54, 1.807) is 16.8 Å². The maximum absolute atomic E-state index is 12.8. The fourth-order valence-corrected chi connectivity index (χ4v) is 2.92. The molecule has 6 nitrogen and oxygen atoms in total. The Morgan fingerprint density at radius 3 is 2.16 bits per heavy atom. The van der Waals surface area contributed by atoms with Crippen LogP contribution in [-0.4, -0.2) is 35.7 Å². The maximum atomic E-state index is 12.8. The van der Waals surface area contributed by atoms with E-state index < -0.39 is 11.7 Å². The molecule has 0 bridgehead atoms. The number of nitrogens with zero attached hydrogens (tertiary/aromatic N) is 2. The van der Waals surface area contributed by atoms with Crippen molar-refractivity contribution in [2.45, 2.75) is 25.6 Å². The molecule has 0 radical (unpaired) electrons. The maximum Gasteiger partial charge on any atom is 0.326 e. The molecule has 1 saturated heterocycles. The number of hydrogen-bond donors (Lipinski definition) is 2. The van der Waals surface area contributed by atoms with Gasteiger partial charge in [0.2, 0.25) is 0 Å². The summed E-state index contributed by atoms with van der Waals surface area (Å²) in [4.78, 5) is 28.5. The molecule has 1 atom stereocenters. The van der Waals surface area contributed by atoms with Gasteiger partial charge >= 0.3 is 12.1 Å². The molecule has 0 aromatic heterocycles. The molecular weight excluding hydrogens is 316 g/mol. The smallest absolute Gasteiger partial charge is 0.318 e. The topological polar surface area (TPSA) is 64.7 Å². The standard InChI is InChI=1S/C19H22N4O2/c1-19(2)16(21-17(24)20-14-10-6-4-7-11-14)23(18(25)22(19)3)15-12-8-5-9-13-15/h4-13,16H,1-3H3,(H2,20,21,24)/t16-/m0/s1. The molecule has 0 unspecified atom stereocenters. The number of urea groups is 2. The highest BCUT2D eigenvalue weighted by atomic mass is 16.2. The Bertz CT molecular complexity index is 762. The van der Waals surface area contributed by atoms with E-state index in [4.69, 9.17) is 0 Å². The summed E-state index contributed by atoms with van der Waals surface area (Å²) >= 11 is 0. The second-order valence-corrected chi connectivity index (χ2v) is 6.57. The van der Waals surface area contributed by atoms with Crippen molar-refractivity contribution in [3.8, 4) is 0 Å². The SMILES string of the molecule is CN1C(=O)N(c2ccccc2)[C@H](NC(=O)Nc2ccccc2)C1(C)C. The van der Waals surface area contributed by atoms with Crippen LogP contribution in [0.5, 0.6) is 0 Å². The lowest BCUT2D eigenvalue weighted by atomic mass is 10.0. The molecule has 3 rings (SSSR count). The van der Waals surface area contributed by atoms with Gasteiger partial charge in [0.25, 0.3) is 0 Å². The highest BCUT2D eigenvalue weighted by Crippen LogP contribution is 2.33. The minimum Gasteiger partial charge on any atom is -0.318 e. The van der Waals surface area contributed by atoms with E-state index in [9.17, 15) is 9.59 Å². The first kappa shape index (κ1) is 16.8. The molecule has 0 saturated carbocycles. The van der Waals surface area contributed by atoms with Crippen molar-refractivity contribution < 1.29 is 9.59 Å². The van der Waals surface area contributed by atoms with Gasteiger partial charge in [-0.15, -0.1) is 0 Å². The monoisotopic (exact) mass is 338 g/mol. The quantitative estimate of drug-likeness (QED) is 0.900. The van der Waals surface area contributed by atoms with Crippen LogP contribution in [0.25, 0.3) is 0 Å². The average molecular weight is 338 g/mol. The molecule has 4 amide bonds. The first-order chi connectivity index (χ1) is 11.9. The fourth-order valence-electron chi connectivity index (χ4n) is 2.92. The summed E-state index contributed by atoms with van der Waals surface area (Å²) in [5.41, 5.74) is 0.873. The van der Waals surface area contributed by atoms with Crippen LogP contribution in [0.2, 0.25) is 0 Å². The van der Waals surface area contributed by atoms with Crippen molar-refractivity contribution in [2.24, 2.45) is 0 Å². The number of para-hydroxylation sites is 2. The fraction of sp³-hybridized carbons (Fsp3) is 0.263. The second kappa shape index (κ2) is 6.47. The highest BCUT2D eigenvalue weighted by Gasteiger charge is 2.51. The van der Waals surface area contributed by atoms with E-state index in [2.05, 4.69) is 10.6 Å². The number of carbonyl (C=O) groups excluding carboxylic acids is 2. The van der Waals surface area contributed by atoms with Crippen LogP contribution in [0.15, 0.2) is 60.7 Å². The summed E-state index contributed by atoms with van der Waals surface area (Å²) in [5, 5.41) is 5.74. The molecule has 0 spiro atoms. The molecule has 6 heteroatoms. The Morgan fingerprint density at radius 2 is 1.56 bits per heavy atom. The van der Waals surface area contributed by atoms with Gasteiger partial charge in [0, 0.05) is 18.4 Å². The number of amides is 4. The van der Waals surface area contributed by atoms with Crippen molar-refractivity contribution in [1.29, 1.82) is 0 Å². The normalized spacial score (nSPS) is 19.0. The number of rotatable bonds is 3. The van der Waals surface area contributed by atoms with E-state index >= 15 is 0 Å². The van der Waals surface area contributed by atoms with Crippen molar-refractivity contribution in [2.75, 3.05) is 17.3 Å². The Labute approximate surface area is 147 Å². The Balaban J connectivity index is 1.85. The zero-order chi connectivity index (χ0) is 18.0. The average Bonchev–Trinajstić information content (AvgIpc) is 2.77. The lowest BCUT2D eigenvalue weighted by Crippen LogP contribution is -2.56. The van der Waals surface area contributed by atoms with Gasteiger partial charge in [-0.2, -0.15) is 0 Å². The molecule has 1 fully saturated rings. The predicted octanol–water partition coefficient (Wildman–Crippen LogP) is 3.48. The van der Waals surface area contributed by atoms with E-state index in [0.717, 1.165) is 5.69 Å². The summed E-state index contributed by atoms with van der Waals surface area (Å²) in [5.74, 6) is 0. The number of anilines is 2. The van der Waals surface area contributed by atoms with Crippen molar-refractivity contribution >= 4 is 23.4 Å². The Morgan fingerprint density at radius 1 is 1.00 bits per heavy atom. The summed E-state index contributed by atoms with van der Waals surface area (Å²) in [7, 11) is 1.75. The number of carbonyl (C=O) groups is 2. The van der Waals surface area contributed by atoms with Gasteiger partial charge in [-0.1, -0.05) is 36.4 Å². The van der Waals surface area contributed by atoms with Crippen molar-refractivity contribution in [3.05, 3.63) is 60.7 Å². The number of likely N-dealkylation sites (N-methyl/N-ethyl adjacent to an activating group) is 1. The summed E-state index contributed by atoms with van der Waals surface area (Å²) < 4.78 is 0. The van der Waals surface area contributed by atoms with Gasteiger partial charge in [0.05, 0.1) is 5.54 Å². The predicted molar refractivity (Wildman–Crippen MR) is 98.5 cm³/mol. The van der Waals surface area contributed by atoms with Crippen LogP contribution in [0, 0.1) is 0 Å². The van der Waals surface area contributed by atoms with Crippen LogP contribution in [0.1, 0.15) is 13.8 Å². The second-order valence-electron chi connectivity index (χ2n) is 6.57. The largest absolute Gasteiger partial charge is 0.326 e. The van der Waals surface area contributed by atoms with E-state index in [0.29, 0.717) is 5.69 Å². The molecule has 130 valence electrons. The summed E-state index contributed by atoms with van der Waals surface area (Å²) in [6.07, 6.45) is -0.504. The summed E-state index contributed by atoms with van der Waals surface area (Å²) in [6, 6.07) is 18.0. The first-order valence-corrected chi connectivity index (χ1v) is 8.16. The van der Waals surface area contributed by atoms with Crippen LogP contribution in [0.3, 0.4) is 0 Å². The van der Waals surface area contributed by atoms with Crippen molar-refractivity contribution in [3.63, 3.8) is 0 Å².